The lowest BCUT2D eigenvalue weighted by molar-refractivity contribution is 0.116. The molecule has 0 spiro atoms. The average molecular weight is 260 g/mol. The van der Waals surface area contributed by atoms with Crippen molar-refractivity contribution in [2.24, 2.45) is 0 Å². The number of ether oxygens (including phenoxy) is 2. The summed E-state index contributed by atoms with van der Waals surface area (Å²) in [7, 11) is 1.69. The minimum absolute atomic E-state index is 0.198. The average Bonchev–Trinajstić information content (AvgIpc) is 2.91. The van der Waals surface area contributed by atoms with E-state index in [2.05, 4.69) is 21.7 Å². The number of rotatable bonds is 5. The highest BCUT2D eigenvalue weighted by Crippen LogP contribution is 2.30. The van der Waals surface area contributed by atoms with Gasteiger partial charge in [0.1, 0.15) is 11.6 Å². The summed E-state index contributed by atoms with van der Waals surface area (Å²) in [4.78, 5) is 0. The van der Waals surface area contributed by atoms with Crippen molar-refractivity contribution in [3.63, 3.8) is 0 Å². The van der Waals surface area contributed by atoms with Crippen LogP contribution in [0.15, 0.2) is 0 Å². The molecule has 17 heavy (non-hydrogen) atoms. The zero-order valence-electron chi connectivity index (χ0n) is 10.2. The Morgan fingerprint density at radius 3 is 2.94 bits per heavy atom. The predicted octanol–water partition coefficient (Wildman–Crippen LogP) is 1.56. The molecular weight excluding hydrogens is 242 g/mol. The van der Waals surface area contributed by atoms with Crippen molar-refractivity contribution in [3.8, 4) is 0 Å². The normalized spacial score (nSPS) is 24.4. The van der Waals surface area contributed by atoms with Crippen LogP contribution >= 0.6 is 11.6 Å². The second-order valence-electron chi connectivity index (χ2n) is 4.22. The number of methoxy groups -OCH3 is 1. The van der Waals surface area contributed by atoms with Crippen LogP contribution in [-0.2, 0) is 21.9 Å². The molecule has 0 N–H and O–H groups in total. The number of hydrogen-bond donors (Lipinski definition) is 0. The maximum absolute atomic E-state index is 5.87. The van der Waals surface area contributed by atoms with E-state index >= 15 is 0 Å². The molecule has 1 aliphatic rings. The van der Waals surface area contributed by atoms with Gasteiger partial charge in [-0.3, -0.25) is 0 Å². The van der Waals surface area contributed by atoms with Gasteiger partial charge in [-0.15, -0.1) is 21.8 Å². The van der Waals surface area contributed by atoms with Crippen LogP contribution in [-0.4, -0.2) is 41.2 Å². The van der Waals surface area contributed by atoms with E-state index < -0.39 is 0 Å². The van der Waals surface area contributed by atoms with Gasteiger partial charge >= 0.3 is 0 Å². The number of hydrogen-bond acceptors (Lipinski definition) is 4. The molecule has 5 nitrogen and oxygen atoms in total. The van der Waals surface area contributed by atoms with Gasteiger partial charge < -0.3 is 14.0 Å². The third-order valence-electron chi connectivity index (χ3n) is 3.20. The van der Waals surface area contributed by atoms with Gasteiger partial charge in [0.05, 0.1) is 18.6 Å². The molecule has 6 heteroatoms. The molecular formula is C11H18ClN3O2. The van der Waals surface area contributed by atoms with Gasteiger partial charge in [-0.1, -0.05) is 0 Å². The van der Waals surface area contributed by atoms with Crippen molar-refractivity contribution >= 4 is 11.6 Å². The second-order valence-corrected chi connectivity index (χ2v) is 4.49. The van der Waals surface area contributed by atoms with Gasteiger partial charge in [0.15, 0.2) is 0 Å². The molecule has 96 valence electrons. The van der Waals surface area contributed by atoms with E-state index in [0.717, 1.165) is 31.2 Å². The van der Waals surface area contributed by atoms with E-state index in [0.29, 0.717) is 18.4 Å². The predicted molar refractivity (Wildman–Crippen MR) is 64.2 cm³/mol. The van der Waals surface area contributed by atoms with Crippen molar-refractivity contribution in [2.75, 3.05) is 20.3 Å². The van der Waals surface area contributed by atoms with Crippen LogP contribution in [0, 0.1) is 0 Å². The van der Waals surface area contributed by atoms with E-state index in [-0.39, 0.29) is 6.10 Å². The van der Waals surface area contributed by atoms with Gasteiger partial charge in [-0.2, -0.15) is 0 Å². The Kier molecular flexibility index (Phi) is 4.36. The minimum Gasteiger partial charge on any atom is -0.383 e. The van der Waals surface area contributed by atoms with Crippen molar-refractivity contribution in [2.45, 2.75) is 37.8 Å². The van der Waals surface area contributed by atoms with Gasteiger partial charge in [0.2, 0.25) is 0 Å². The first-order valence-electron chi connectivity index (χ1n) is 5.86. The molecule has 2 unspecified atom stereocenters. The molecule has 1 aromatic heterocycles. The summed E-state index contributed by atoms with van der Waals surface area (Å²) in [5.41, 5.74) is 0. The SMILES string of the molecule is COCCn1c(CCl)nnc1C1CCOC1C. The Morgan fingerprint density at radius 1 is 1.53 bits per heavy atom. The Hall–Kier alpha value is -0.650. The molecule has 0 amide bonds. The van der Waals surface area contributed by atoms with Gasteiger partial charge in [0.25, 0.3) is 0 Å². The summed E-state index contributed by atoms with van der Waals surface area (Å²) in [6.45, 7) is 4.24. The van der Waals surface area contributed by atoms with Crippen LogP contribution in [0.25, 0.3) is 0 Å². The molecule has 2 heterocycles. The zero-order chi connectivity index (χ0) is 12.3. The maximum atomic E-state index is 5.87. The van der Waals surface area contributed by atoms with Gasteiger partial charge in [-0.05, 0) is 13.3 Å². The highest BCUT2D eigenvalue weighted by atomic mass is 35.5. The molecule has 0 saturated carbocycles. The highest BCUT2D eigenvalue weighted by Gasteiger charge is 2.30. The van der Waals surface area contributed by atoms with E-state index in [1.54, 1.807) is 7.11 Å². The Morgan fingerprint density at radius 2 is 2.35 bits per heavy atom. The fraction of sp³-hybridized carbons (Fsp3) is 0.818. The summed E-state index contributed by atoms with van der Waals surface area (Å²) in [5, 5.41) is 8.40. The van der Waals surface area contributed by atoms with E-state index in [1.807, 2.05) is 0 Å². The summed E-state index contributed by atoms with van der Waals surface area (Å²) >= 11 is 5.87. The van der Waals surface area contributed by atoms with Crippen LogP contribution in [0.1, 0.15) is 30.9 Å². The van der Waals surface area contributed by atoms with Crippen LogP contribution in [0.5, 0.6) is 0 Å². The summed E-state index contributed by atoms with van der Waals surface area (Å²) in [6.07, 6.45) is 1.19. The third kappa shape index (κ3) is 2.61. The van der Waals surface area contributed by atoms with Crippen molar-refractivity contribution in [1.29, 1.82) is 0 Å². The largest absolute Gasteiger partial charge is 0.383 e. The van der Waals surface area contributed by atoms with E-state index in [4.69, 9.17) is 21.1 Å². The molecule has 0 radical (unpaired) electrons. The summed E-state index contributed by atoms with van der Waals surface area (Å²) in [5.74, 6) is 2.47. The first-order chi connectivity index (χ1) is 8.27. The quantitative estimate of drug-likeness (QED) is 0.753. The molecule has 0 aromatic carbocycles. The Balaban J connectivity index is 2.23. The molecule has 1 aromatic rings. The zero-order valence-corrected chi connectivity index (χ0v) is 11.0. The maximum Gasteiger partial charge on any atom is 0.148 e. The fourth-order valence-electron chi connectivity index (χ4n) is 2.22. The summed E-state index contributed by atoms with van der Waals surface area (Å²) < 4.78 is 12.7. The molecule has 1 saturated heterocycles. The fourth-order valence-corrected chi connectivity index (χ4v) is 2.42. The number of halogens is 1. The minimum atomic E-state index is 0.198. The van der Waals surface area contributed by atoms with E-state index in [9.17, 15) is 0 Å². The lowest BCUT2D eigenvalue weighted by Crippen LogP contribution is -2.18. The standard InChI is InChI=1S/C11H18ClN3O2/c1-8-9(3-5-17-8)11-14-13-10(7-12)15(11)4-6-16-2/h8-9H,3-7H2,1-2H3. The number of aromatic nitrogens is 3. The van der Waals surface area contributed by atoms with Crippen molar-refractivity contribution in [3.05, 3.63) is 11.6 Å². The molecule has 0 bridgehead atoms. The monoisotopic (exact) mass is 259 g/mol. The van der Waals surface area contributed by atoms with Crippen LogP contribution in [0.3, 0.4) is 0 Å². The van der Waals surface area contributed by atoms with Gasteiger partial charge in [-0.25, -0.2) is 0 Å². The topological polar surface area (TPSA) is 49.2 Å². The number of alkyl halides is 1. The first-order valence-corrected chi connectivity index (χ1v) is 6.39. The molecule has 2 rings (SSSR count). The van der Waals surface area contributed by atoms with Crippen molar-refractivity contribution < 1.29 is 9.47 Å². The molecule has 2 atom stereocenters. The molecule has 1 aliphatic heterocycles. The molecule has 0 aliphatic carbocycles. The van der Waals surface area contributed by atoms with Crippen LogP contribution in [0.2, 0.25) is 0 Å². The lowest BCUT2D eigenvalue weighted by Gasteiger charge is -2.15. The Bertz CT molecular complexity index is 370. The number of nitrogens with zero attached hydrogens (tertiary/aromatic N) is 3. The van der Waals surface area contributed by atoms with Gasteiger partial charge in [0, 0.05) is 26.2 Å². The first kappa shape index (κ1) is 12.8. The Labute approximate surface area is 106 Å². The lowest BCUT2D eigenvalue weighted by atomic mass is 10.0. The van der Waals surface area contributed by atoms with Crippen LogP contribution < -0.4 is 0 Å². The third-order valence-corrected chi connectivity index (χ3v) is 3.44. The smallest absolute Gasteiger partial charge is 0.148 e. The van der Waals surface area contributed by atoms with E-state index in [1.165, 1.54) is 0 Å². The highest BCUT2D eigenvalue weighted by molar-refractivity contribution is 6.16. The summed E-state index contributed by atoms with van der Waals surface area (Å²) in [6, 6.07) is 0. The van der Waals surface area contributed by atoms with Crippen LogP contribution in [0.4, 0.5) is 0 Å². The second kappa shape index (κ2) is 5.80. The van der Waals surface area contributed by atoms with Crippen molar-refractivity contribution in [1.82, 2.24) is 14.8 Å². The molecule has 1 fully saturated rings.